The Hall–Kier alpha value is -3.24. The Morgan fingerprint density at radius 1 is 1.30 bits per heavy atom. The van der Waals surface area contributed by atoms with E-state index in [-0.39, 0.29) is 0 Å². The first kappa shape index (κ1) is 17.2. The lowest BCUT2D eigenvalue weighted by atomic mass is 10.0. The third-order valence-electron chi connectivity index (χ3n) is 4.44. The van der Waals surface area contributed by atoms with Crippen molar-refractivity contribution in [1.82, 2.24) is 9.97 Å². The second kappa shape index (κ2) is 6.82. The summed E-state index contributed by atoms with van der Waals surface area (Å²) < 4.78 is 5.23. The minimum Gasteiger partial charge on any atom is -0.410 e. The smallest absolute Gasteiger partial charge is 0.410 e. The third-order valence-corrected chi connectivity index (χ3v) is 5.56. The highest BCUT2D eigenvalue weighted by molar-refractivity contribution is 7.19. The number of hydrogen-bond donors (Lipinski definition) is 1. The van der Waals surface area contributed by atoms with Gasteiger partial charge in [0.15, 0.2) is 5.13 Å². The number of amides is 1. The summed E-state index contributed by atoms with van der Waals surface area (Å²) in [5, 5.41) is 12.5. The van der Waals surface area contributed by atoms with E-state index >= 15 is 0 Å². The molecule has 1 fully saturated rings. The highest BCUT2D eigenvalue weighted by atomic mass is 32.1. The van der Waals surface area contributed by atoms with Gasteiger partial charge >= 0.3 is 6.09 Å². The van der Waals surface area contributed by atoms with Crippen LogP contribution in [0.25, 0.3) is 10.4 Å². The van der Waals surface area contributed by atoms with Gasteiger partial charge < -0.3 is 4.74 Å². The predicted octanol–water partition coefficient (Wildman–Crippen LogP) is 4.68. The number of benzene rings is 1. The highest BCUT2D eigenvalue weighted by Gasteiger charge is 2.46. The number of pyridine rings is 1. The van der Waals surface area contributed by atoms with Crippen LogP contribution < -0.4 is 10.1 Å². The summed E-state index contributed by atoms with van der Waals surface area (Å²) in [6.45, 7) is 1.89. The van der Waals surface area contributed by atoms with E-state index < -0.39 is 11.5 Å². The second-order valence-corrected chi connectivity index (χ2v) is 7.38. The Labute approximate surface area is 160 Å². The van der Waals surface area contributed by atoms with Gasteiger partial charge in [-0.05, 0) is 49.6 Å². The molecule has 0 bridgehead atoms. The first-order valence-corrected chi connectivity index (χ1v) is 9.31. The molecule has 2 aromatic heterocycles. The predicted molar refractivity (Wildman–Crippen MR) is 103 cm³/mol. The number of hydrogen-bond acceptors (Lipinski definition) is 6. The number of nitrogens with zero attached hydrogens (tertiary/aromatic N) is 3. The van der Waals surface area contributed by atoms with Crippen molar-refractivity contribution in [3.63, 3.8) is 0 Å². The molecule has 1 aromatic carbocycles. The summed E-state index contributed by atoms with van der Waals surface area (Å²) in [5.74, 6) is 0.466. The van der Waals surface area contributed by atoms with Crippen molar-refractivity contribution in [1.29, 1.82) is 5.26 Å². The van der Waals surface area contributed by atoms with E-state index in [4.69, 9.17) is 4.74 Å². The van der Waals surface area contributed by atoms with Crippen LogP contribution in [0.15, 0.2) is 48.7 Å². The summed E-state index contributed by atoms with van der Waals surface area (Å²) in [7, 11) is 0. The Morgan fingerprint density at radius 2 is 2.07 bits per heavy atom. The Bertz CT molecular complexity index is 1040. The van der Waals surface area contributed by atoms with E-state index in [2.05, 4.69) is 21.4 Å². The van der Waals surface area contributed by atoms with Gasteiger partial charge in [-0.2, -0.15) is 5.26 Å². The zero-order valence-electron chi connectivity index (χ0n) is 14.6. The molecule has 3 aromatic rings. The van der Waals surface area contributed by atoms with Gasteiger partial charge in [-0.15, -0.1) is 0 Å². The number of thiazole rings is 1. The zero-order chi connectivity index (χ0) is 18.9. The maximum Gasteiger partial charge on any atom is 0.418 e. The number of nitriles is 1. The topological polar surface area (TPSA) is 87.9 Å². The standard InChI is InChI=1S/C20H16N4O2S/c1-13-17(14-7-10-22-16(11-14)20(12-21)8-9-20)27-18(23-13)24-19(25)26-15-5-3-2-4-6-15/h2-7,10-11H,8-9H2,1H3,(H,23,24,25). The number of para-hydroxylation sites is 1. The normalized spacial score (nSPS) is 14.2. The average Bonchev–Trinajstić information content (AvgIpc) is 3.40. The number of carbonyl (C=O) groups is 1. The first-order chi connectivity index (χ1) is 13.1. The molecule has 4 rings (SSSR count). The van der Waals surface area contributed by atoms with E-state index in [9.17, 15) is 10.1 Å². The molecular weight excluding hydrogens is 360 g/mol. The lowest BCUT2D eigenvalue weighted by Crippen LogP contribution is -2.16. The van der Waals surface area contributed by atoms with E-state index in [1.54, 1.807) is 30.5 Å². The van der Waals surface area contributed by atoms with Crippen LogP contribution in [0.2, 0.25) is 0 Å². The number of aryl methyl sites for hydroxylation is 1. The number of carbonyl (C=O) groups excluding carboxylic acids is 1. The van der Waals surface area contributed by atoms with Crippen LogP contribution in [0.5, 0.6) is 5.75 Å². The quantitative estimate of drug-likeness (QED) is 0.714. The molecule has 27 heavy (non-hydrogen) atoms. The SMILES string of the molecule is Cc1nc(NC(=O)Oc2ccccc2)sc1-c1ccnc(C2(C#N)CC2)c1. The molecule has 1 amide bonds. The van der Waals surface area contributed by atoms with Crippen molar-refractivity contribution >= 4 is 22.6 Å². The third kappa shape index (κ3) is 3.52. The number of rotatable bonds is 4. The molecule has 7 heteroatoms. The maximum absolute atomic E-state index is 12.1. The van der Waals surface area contributed by atoms with Gasteiger partial charge in [0, 0.05) is 6.20 Å². The summed E-state index contributed by atoms with van der Waals surface area (Å²) in [6, 6.07) is 15.1. The Kier molecular flexibility index (Phi) is 4.34. The molecule has 134 valence electrons. The van der Waals surface area contributed by atoms with Gasteiger partial charge in [0.1, 0.15) is 5.75 Å². The minimum atomic E-state index is -0.585. The summed E-state index contributed by atoms with van der Waals surface area (Å²) >= 11 is 1.37. The van der Waals surface area contributed by atoms with Crippen molar-refractivity contribution in [3.05, 3.63) is 60.0 Å². The molecule has 1 aliphatic rings. The lowest BCUT2D eigenvalue weighted by molar-refractivity contribution is 0.215. The van der Waals surface area contributed by atoms with Crippen LogP contribution in [0, 0.1) is 18.3 Å². The van der Waals surface area contributed by atoms with E-state index in [1.165, 1.54) is 11.3 Å². The molecule has 6 nitrogen and oxygen atoms in total. The van der Waals surface area contributed by atoms with Crippen molar-refractivity contribution in [2.45, 2.75) is 25.2 Å². The Morgan fingerprint density at radius 3 is 2.78 bits per heavy atom. The van der Waals surface area contributed by atoms with Gasteiger partial charge in [0.05, 0.1) is 27.7 Å². The molecule has 0 radical (unpaired) electrons. The number of aromatic nitrogens is 2. The summed E-state index contributed by atoms with van der Waals surface area (Å²) in [6.07, 6.45) is 2.83. The fourth-order valence-corrected chi connectivity index (χ4v) is 3.76. The van der Waals surface area contributed by atoms with Gasteiger partial charge in [-0.1, -0.05) is 29.5 Å². The van der Waals surface area contributed by atoms with E-state index in [0.29, 0.717) is 10.9 Å². The monoisotopic (exact) mass is 376 g/mol. The number of anilines is 1. The van der Waals surface area contributed by atoms with Gasteiger partial charge in [0.2, 0.25) is 0 Å². The minimum absolute atomic E-state index is 0.435. The second-order valence-electron chi connectivity index (χ2n) is 6.38. The van der Waals surface area contributed by atoms with Crippen molar-refractivity contribution in [2.75, 3.05) is 5.32 Å². The first-order valence-electron chi connectivity index (χ1n) is 8.49. The van der Waals surface area contributed by atoms with Crippen molar-refractivity contribution in [2.24, 2.45) is 0 Å². The summed E-state index contributed by atoms with van der Waals surface area (Å²) in [4.78, 5) is 21.8. The van der Waals surface area contributed by atoms with Gasteiger partial charge in [0.25, 0.3) is 0 Å². The molecule has 1 saturated carbocycles. The van der Waals surface area contributed by atoms with Crippen molar-refractivity contribution < 1.29 is 9.53 Å². The summed E-state index contributed by atoms with van der Waals surface area (Å²) in [5.41, 5.74) is 2.11. The molecule has 0 unspecified atom stereocenters. The van der Waals surface area contributed by atoms with Crippen LogP contribution in [0.1, 0.15) is 24.2 Å². The lowest BCUT2D eigenvalue weighted by Gasteiger charge is -2.06. The fourth-order valence-electron chi connectivity index (χ4n) is 2.81. The van der Waals surface area contributed by atoms with Gasteiger partial charge in [-0.25, -0.2) is 9.78 Å². The Balaban J connectivity index is 1.53. The van der Waals surface area contributed by atoms with Crippen LogP contribution in [-0.2, 0) is 5.41 Å². The van der Waals surface area contributed by atoms with Crippen LogP contribution >= 0.6 is 11.3 Å². The molecule has 0 saturated heterocycles. The van der Waals surface area contributed by atoms with Gasteiger partial charge in [-0.3, -0.25) is 10.3 Å². The largest absolute Gasteiger partial charge is 0.418 e. The molecule has 1 aliphatic carbocycles. The fraction of sp³-hybridized carbons (Fsp3) is 0.200. The van der Waals surface area contributed by atoms with Crippen molar-refractivity contribution in [3.8, 4) is 22.3 Å². The van der Waals surface area contributed by atoms with E-state index in [0.717, 1.165) is 34.7 Å². The molecule has 2 heterocycles. The molecular formula is C20H16N4O2S. The highest BCUT2D eigenvalue weighted by Crippen LogP contribution is 2.47. The number of ether oxygens (including phenoxy) is 1. The molecule has 0 spiro atoms. The van der Waals surface area contributed by atoms with Crippen LogP contribution in [-0.4, -0.2) is 16.1 Å². The number of nitrogens with one attached hydrogen (secondary N) is 1. The van der Waals surface area contributed by atoms with Crippen LogP contribution in [0.4, 0.5) is 9.93 Å². The maximum atomic E-state index is 12.1. The average molecular weight is 376 g/mol. The molecule has 0 aliphatic heterocycles. The zero-order valence-corrected chi connectivity index (χ0v) is 15.4. The molecule has 0 atom stereocenters. The molecule has 1 N–H and O–H groups in total. The van der Waals surface area contributed by atoms with E-state index in [1.807, 2.05) is 25.1 Å². The van der Waals surface area contributed by atoms with Crippen LogP contribution in [0.3, 0.4) is 0 Å².